The van der Waals surface area contributed by atoms with E-state index in [0.29, 0.717) is 41.2 Å². The summed E-state index contributed by atoms with van der Waals surface area (Å²) in [5.74, 6) is -4.63. The number of ether oxygens (including phenoxy) is 1. The number of halogens is 3. The average molecular weight is 1450 g/mol. The summed E-state index contributed by atoms with van der Waals surface area (Å²) in [6.07, 6.45) is 9.66. The van der Waals surface area contributed by atoms with Crippen LogP contribution in [-0.2, 0) is 60.3 Å². The van der Waals surface area contributed by atoms with E-state index in [1.165, 1.54) is 120 Å². The summed E-state index contributed by atoms with van der Waals surface area (Å²) in [4.78, 5) is 51.3. The van der Waals surface area contributed by atoms with Crippen molar-refractivity contribution in [1.82, 2.24) is 26.2 Å². The molecule has 0 heterocycles. The van der Waals surface area contributed by atoms with E-state index in [1.807, 2.05) is 38.1 Å². The van der Waals surface area contributed by atoms with Gasteiger partial charge in [0, 0.05) is 42.5 Å². The number of hydrogen-bond donors (Lipinski definition) is 4. The zero-order valence-corrected chi connectivity index (χ0v) is 61.2. The number of anilines is 2. The highest BCUT2D eigenvalue weighted by molar-refractivity contribution is 7.92. The van der Waals surface area contributed by atoms with Crippen LogP contribution in [0.1, 0.15) is 158 Å². The maximum absolute atomic E-state index is 12.9. The van der Waals surface area contributed by atoms with Crippen LogP contribution in [0.5, 0.6) is 0 Å². The zero-order chi connectivity index (χ0) is 73.8. The molecule has 0 radical (unpaired) electrons. The number of rotatable bonds is 20. The molecular weight excluding hydrogens is 1360 g/mol. The maximum atomic E-state index is 12.9. The molecule has 0 bridgehead atoms. The Morgan fingerprint density at radius 1 is 0.431 bits per heavy atom. The predicted molar refractivity (Wildman–Crippen MR) is 393 cm³/mol. The first-order valence-electron chi connectivity index (χ1n) is 33.6. The van der Waals surface area contributed by atoms with E-state index in [0.717, 1.165) is 75.3 Å². The predicted octanol–water partition coefficient (Wildman–Crippen LogP) is 12.5. The number of carbonyl (C=O) groups excluding carboxylic acids is 4. The third kappa shape index (κ3) is 19.9. The Morgan fingerprint density at radius 3 is 0.990 bits per heavy atom. The molecule has 0 unspecified atom stereocenters. The first-order chi connectivity index (χ1) is 48.4. The first-order valence-corrected chi connectivity index (χ1v) is 38.9. The van der Waals surface area contributed by atoms with Gasteiger partial charge in [-0.25, -0.2) is 29.6 Å². The number of amides is 4. The molecule has 4 aliphatic rings. The van der Waals surface area contributed by atoms with E-state index < -0.39 is 40.5 Å². The minimum Gasteiger partial charge on any atom is -0.383 e. The standard InChI is InChI=1S/C22H29N3O3S.C21H26N2O4S.C18H17F2NO3S.C17H16FNO/c1-16-5-11-20-18(15-16)8-12-21(20)23-22(26)17-6-9-19(10-7-17)25(29(4,27)28)14-13-24(2)3;1-15-4-10-19-17(14-15)7-11-20(19)22-21(24)16-5-8-18(9-6-16)23(12-13-27-2)28(3,25)26;1-11-2-8-15-13(10-11)5-9-16(15)21-17(22)12-3-6-14(7-4-12)25(23,24)18(19)20;1-11-2-8-15-13(10-11)5-9-16(15)19-17(20)12-3-6-14(18)7-4-12/h5-7,9-11,15,21H,8,12-14H2,1-4H3,(H,23,26);4-6,8-10,14,20H,7,11-13H2,1-3H3,(H,22,24);2-4,6-8,10,16,18H,5,9H2,1H3,(H,21,22);2-4,6-8,10,16H,5,9H2,1H3,(H,19,20)/t21-;20-;2*16-/m1110/s1. The highest BCUT2D eigenvalue weighted by Gasteiger charge is 2.31. The summed E-state index contributed by atoms with van der Waals surface area (Å²) in [5.41, 5.74) is 17.5. The molecule has 102 heavy (non-hydrogen) atoms. The van der Waals surface area contributed by atoms with Crippen LogP contribution in [0.3, 0.4) is 0 Å². The molecule has 8 aromatic rings. The van der Waals surface area contributed by atoms with Gasteiger partial charge in [0.15, 0.2) is 0 Å². The summed E-state index contributed by atoms with van der Waals surface area (Å²) in [6.45, 7) is 9.71. The number of alkyl halides is 2. The fraction of sp³-hybridized carbons (Fsp3) is 0.333. The SMILES string of the molecule is COCCN(c1ccc(C(=O)N[C@@H]2CCc3cc(C)ccc32)cc1)S(C)(=O)=O.Cc1ccc2c(c1)CC[C@@H]2NC(=O)c1ccc(F)cc1.Cc1ccc2c(c1)CC[C@H]2NC(=O)c1ccc(N(CCN(C)C)S(C)(=O)=O)cc1.Cc1ccc2c(c1)CC[C@H]2NC(=O)c1ccc(S(=O)(=O)C(F)F)cc1. The number of sulfonamides is 2. The van der Waals surface area contributed by atoms with Crippen molar-refractivity contribution in [3.8, 4) is 0 Å². The van der Waals surface area contributed by atoms with Gasteiger partial charge >= 0.3 is 5.76 Å². The number of methoxy groups -OCH3 is 1. The van der Waals surface area contributed by atoms with Crippen molar-refractivity contribution in [2.75, 3.05) is 68.6 Å². The number of hydrogen-bond acceptors (Lipinski definition) is 12. The van der Waals surface area contributed by atoms with Crippen molar-refractivity contribution in [1.29, 1.82) is 0 Å². The van der Waals surface area contributed by atoms with Gasteiger partial charge in [0.25, 0.3) is 23.6 Å². The maximum Gasteiger partial charge on any atom is 0.341 e. The van der Waals surface area contributed by atoms with E-state index in [2.05, 4.69) is 103 Å². The van der Waals surface area contributed by atoms with E-state index in [9.17, 15) is 57.6 Å². The van der Waals surface area contributed by atoms with Crippen LogP contribution in [0.2, 0.25) is 0 Å². The summed E-state index contributed by atoms with van der Waals surface area (Å²) in [7, 11) is -6.15. The highest BCUT2D eigenvalue weighted by Crippen LogP contribution is 2.36. The summed E-state index contributed by atoms with van der Waals surface area (Å²) < 4.78 is 117. The number of fused-ring (bicyclic) bond motifs is 4. The highest BCUT2D eigenvalue weighted by atomic mass is 32.2. The van der Waals surface area contributed by atoms with Crippen molar-refractivity contribution >= 4 is 64.9 Å². The molecule has 4 amide bonds. The third-order valence-electron chi connectivity index (χ3n) is 18.4. The molecular formula is C78H88F3N7O11S3. The zero-order valence-electron chi connectivity index (χ0n) is 58.7. The molecule has 12 rings (SSSR count). The minimum absolute atomic E-state index is 0.0111. The number of aryl methyl sites for hydroxylation is 8. The number of likely N-dealkylation sites (N-methyl/N-ethyl adjacent to an activating group) is 1. The first kappa shape index (κ1) is 77.0. The number of nitrogens with one attached hydrogen (secondary N) is 4. The van der Waals surface area contributed by atoms with E-state index in [1.54, 1.807) is 48.5 Å². The van der Waals surface area contributed by atoms with Gasteiger partial charge in [-0.2, -0.15) is 8.78 Å². The van der Waals surface area contributed by atoms with Gasteiger partial charge in [-0.05, 0) is 235 Å². The Hall–Kier alpha value is -9.20. The van der Waals surface area contributed by atoms with Crippen LogP contribution < -0.4 is 29.9 Å². The van der Waals surface area contributed by atoms with Crippen molar-refractivity contribution in [2.24, 2.45) is 0 Å². The average Bonchev–Trinajstić information content (AvgIpc) is 1.54. The molecule has 24 heteroatoms. The quantitative estimate of drug-likeness (QED) is 0.0557. The molecule has 0 aromatic heterocycles. The lowest BCUT2D eigenvalue weighted by Gasteiger charge is -2.24. The molecule has 4 atom stereocenters. The van der Waals surface area contributed by atoms with Crippen LogP contribution >= 0.6 is 0 Å². The normalized spacial score (nSPS) is 16.3. The Bertz CT molecular complexity index is 4680. The molecule has 0 spiro atoms. The molecule has 0 saturated carbocycles. The summed E-state index contributed by atoms with van der Waals surface area (Å²) >= 11 is 0. The number of nitrogens with zero attached hydrogens (tertiary/aromatic N) is 3. The smallest absolute Gasteiger partial charge is 0.341 e. The van der Waals surface area contributed by atoms with Crippen molar-refractivity contribution in [3.63, 3.8) is 0 Å². The van der Waals surface area contributed by atoms with Crippen LogP contribution in [0.4, 0.5) is 24.5 Å². The lowest BCUT2D eigenvalue weighted by molar-refractivity contribution is 0.0928. The van der Waals surface area contributed by atoms with E-state index in [-0.39, 0.29) is 72.3 Å². The van der Waals surface area contributed by atoms with Gasteiger partial charge in [0.05, 0.1) is 66.1 Å². The van der Waals surface area contributed by atoms with Gasteiger partial charge in [-0.15, -0.1) is 0 Å². The minimum atomic E-state index is -4.65. The molecule has 540 valence electrons. The third-order valence-corrected chi connectivity index (χ3v) is 22.2. The molecule has 0 aliphatic heterocycles. The number of sulfone groups is 1. The monoisotopic (exact) mass is 1450 g/mol. The molecule has 4 N–H and O–H groups in total. The number of benzene rings is 8. The van der Waals surface area contributed by atoms with Crippen molar-refractivity contribution < 1.29 is 62.3 Å². The van der Waals surface area contributed by atoms with E-state index >= 15 is 0 Å². The summed E-state index contributed by atoms with van der Waals surface area (Å²) in [6, 6.07) is 48.7. The Morgan fingerprint density at radius 2 is 0.716 bits per heavy atom. The Balaban J connectivity index is 0.000000159. The molecule has 18 nitrogen and oxygen atoms in total. The van der Waals surface area contributed by atoms with Crippen LogP contribution in [0, 0.1) is 33.5 Å². The van der Waals surface area contributed by atoms with Gasteiger partial charge in [0.1, 0.15) is 5.82 Å². The number of carbonyl (C=O) groups is 4. The second-order valence-electron chi connectivity index (χ2n) is 26.5. The fourth-order valence-electron chi connectivity index (χ4n) is 13.0. The van der Waals surface area contributed by atoms with Crippen LogP contribution in [0.25, 0.3) is 0 Å². The van der Waals surface area contributed by atoms with Gasteiger partial charge in [-0.1, -0.05) is 95.1 Å². The van der Waals surface area contributed by atoms with Crippen LogP contribution in [0.15, 0.2) is 175 Å². The van der Waals surface area contributed by atoms with Crippen molar-refractivity contribution in [3.05, 3.63) is 265 Å². The topological polar surface area (TPSA) is 238 Å². The Kier molecular flexibility index (Phi) is 25.5. The van der Waals surface area contributed by atoms with Gasteiger partial charge < -0.3 is 30.9 Å². The molecule has 0 saturated heterocycles. The lowest BCUT2D eigenvalue weighted by Crippen LogP contribution is -2.36. The van der Waals surface area contributed by atoms with Gasteiger partial charge in [0.2, 0.25) is 29.9 Å². The second-order valence-corrected chi connectivity index (χ2v) is 32.2. The molecule has 0 fully saturated rings. The van der Waals surface area contributed by atoms with Gasteiger partial charge in [-0.3, -0.25) is 27.8 Å². The lowest BCUT2D eigenvalue weighted by atomic mass is 10.1. The largest absolute Gasteiger partial charge is 0.383 e. The van der Waals surface area contributed by atoms with Crippen LogP contribution in [-0.4, -0.2) is 119 Å². The second kappa shape index (κ2) is 33.7. The Labute approximate surface area is 597 Å². The molecule has 8 aromatic carbocycles. The van der Waals surface area contributed by atoms with E-state index in [4.69, 9.17) is 4.74 Å². The summed E-state index contributed by atoms with van der Waals surface area (Å²) in [5, 5.41) is 12.1. The fourth-order valence-corrected chi connectivity index (χ4v) is 15.6. The molecule has 4 aliphatic carbocycles. The van der Waals surface area contributed by atoms with Crippen molar-refractivity contribution in [2.45, 2.75) is 114 Å².